The van der Waals surface area contributed by atoms with E-state index in [9.17, 15) is 17.8 Å². The molecule has 9 nitrogen and oxygen atoms in total. The van der Waals surface area contributed by atoms with Crippen molar-refractivity contribution in [2.24, 2.45) is 10.2 Å². The van der Waals surface area contributed by atoms with Crippen molar-refractivity contribution in [3.05, 3.63) is 29.2 Å². The van der Waals surface area contributed by atoms with Crippen LogP contribution in [0.4, 0.5) is 17.4 Å². The number of oxazole rings is 1. The van der Waals surface area contributed by atoms with Crippen LogP contribution in [0, 0.1) is 6.92 Å². The van der Waals surface area contributed by atoms with Gasteiger partial charge >= 0.3 is 6.01 Å². The van der Waals surface area contributed by atoms with Crippen LogP contribution in [0.5, 0.6) is 0 Å². The molecule has 1 aromatic carbocycles. The highest BCUT2D eigenvalue weighted by molar-refractivity contribution is 7.86. The van der Waals surface area contributed by atoms with Crippen LogP contribution in [-0.4, -0.2) is 35.8 Å². The Morgan fingerprint density at radius 3 is 2.63 bits per heavy atom. The Labute approximate surface area is 178 Å². The number of carbonyl (C=O) groups is 1. The molecule has 0 bridgehead atoms. The van der Waals surface area contributed by atoms with Gasteiger partial charge in [-0.25, -0.2) is 0 Å². The zero-order chi connectivity index (χ0) is 21.5. The second kappa shape index (κ2) is 8.09. The first-order valence-electron chi connectivity index (χ1n) is 9.69. The molecule has 2 aromatic rings. The molecule has 1 aliphatic carbocycles. The molecule has 1 N–H and O–H groups in total. The number of nitrogens with zero attached hydrogens (tertiary/aromatic N) is 4. The van der Waals surface area contributed by atoms with Crippen molar-refractivity contribution in [2.75, 3.05) is 4.90 Å². The van der Waals surface area contributed by atoms with Gasteiger partial charge in [0.05, 0.1) is 0 Å². The largest absolute Gasteiger partial charge is 0.426 e. The predicted octanol–water partition coefficient (Wildman–Crippen LogP) is 4.72. The van der Waals surface area contributed by atoms with Crippen LogP contribution >= 0.6 is 11.6 Å². The Morgan fingerprint density at radius 2 is 2.00 bits per heavy atom. The quantitative estimate of drug-likeness (QED) is 0.228. The molecule has 1 fully saturated rings. The Bertz CT molecular complexity index is 1110. The Morgan fingerprint density at radius 1 is 1.27 bits per heavy atom. The van der Waals surface area contributed by atoms with Crippen LogP contribution in [-0.2, 0) is 16.5 Å². The van der Waals surface area contributed by atoms with Crippen LogP contribution in [0.15, 0.2) is 31.7 Å². The number of benzene rings is 1. The molecule has 1 unspecified atom stereocenters. The topological polar surface area (TPSA) is 125 Å². The van der Waals surface area contributed by atoms with E-state index in [0.29, 0.717) is 24.8 Å². The van der Waals surface area contributed by atoms with Crippen LogP contribution < -0.4 is 4.90 Å². The highest BCUT2D eigenvalue weighted by Gasteiger charge is 2.34. The fraction of sp³-hybridized carbons (Fsp3) is 0.474. The normalized spacial score (nSPS) is 20.1. The standard InChI is InChI=1S/C19H21ClN4O5S/c1-11-15(10-25)21-19(29-11)23-22-14-8-12-6-7-18(20)24(13-4-2-3-5-13)16(12)9-17(14)30(26,27)28/h8-10,13,18H,2-7H2,1H3,(H,26,27,28). The zero-order valence-corrected chi connectivity index (χ0v) is 17.9. The number of hydrogen-bond acceptors (Lipinski definition) is 8. The maximum Gasteiger partial charge on any atom is 0.341 e. The average molecular weight is 453 g/mol. The third-order valence-electron chi connectivity index (χ3n) is 5.56. The Balaban J connectivity index is 1.78. The zero-order valence-electron chi connectivity index (χ0n) is 16.3. The molecule has 2 heterocycles. The summed E-state index contributed by atoms with van der Waals surface area (Å²) in [6.07, 6.45) is 6.09. The minimum Gasteiger partial charge on any atom is -0.426 e. The lowest BCUT2D eigenvalue weighted by molar-refractivity contribution is 0.111. The van der Waals surface area contributed by atoms with Crippen LogP contribution in [0.25, 0.3) is 0 Å². The van der Waals surface area contributed by atoms with Crippen molar-refractivity contribution >= 4 is 45.4 Å². The van der Waals surface area contributed by atoms with E-state index in [1.807, 2.05) is 0 Å². The fourth-order valence-electron chi connectivity index (χ4n) is 4.14. The first kappa shape index (κ1) is 21.0. The second-order valence-corrected chi connectivity index (χ2v) is 9.39. The van der Waals surface area contributed by atoms with Crippen LogP contribution in [0.1, 0.15) is 53.9 Å². The van der Waals surface area contributed by atoms with Crippen molar-refractivity contribution < 1.29 is 22.2 Å². The van der Waals surface area contributed by atoms with Gasteiger partial charge in [-0.1, -0.05) is 29.6 Å². The lowest BCUT2D eigenvalue weighted by atomic mass is 9.98. The van der Waals surface area contributed by atoms with Crippen molar-refractivity contribution in [1.82, 2.24) is 4.98 Å². The summed E-state index contributed by atoms with van der Waals surface area (Å²) in [5.41, 5.74) is 1.41. The molecule has 4 rings (SSSR count). The van der Waals surface area contributed by atoms with E-state index in [2.05, 4.69) is 20.1 Å². The molecule has 1 aromatic heterocycles. The van der Waals surface area contributed by atoms with Gasteiger partial charge in [-0.15, -0.1) is 5.11 Å². The number of anilines is 1. The number of halogens is 1. The number of carbonyl (C=O) groups excluding carboxylic acids is 1. The number of fused-ring (bicyclic) bond motifs is 1. The molecule has 30 heavy (non-hydrogen) atoms. The number of aromatic nitrogens is 1. The van der Waals surface area contributed by atoms with Crippen molar-refractivity contribution in [2.45, 2.75) is 61.9 Å². The highest BCUT2D eigenvalue weighted by Crippen LogP contribution is 2.42. The van der Waals surface area contributed by atoms with Gasteiger partial charge in [-0.2, -0.15) is 13.4 Å². The molecule has 1 aliphatic heterocycles. The maximum absolute atomic E-state index is 12.1. The van der Waals surface area contributed by atoms with E-state index in [1.165, 1.54) is 6.07 Å². The summed E-state index contributed by atoms with van der Waals surface area (Å²) in [5.74, 6) is 0.278. The molecule has 0 saturated heterocycles. The van der Waals surface area contributed by atoms with E-state index in [-0.39, 0.29) is 39.6 Å². The van der Waals surface area contributed by atoms with Crippen LogP contribution in [0.2, 0.25) is 0 Å². The van der Waals surface area contributed by atoms with Crippen LogP contribution in [0.3, 0.4) is 0 Å². The number of azo groups is 1. The number of aryl methyl sites for hydroxylation is 2. The van der Waals surface area contributed by atoms with Gasteiger partial charge < -0.3 is 9.32 Å². The molecule has 160 valence electrons. The smallest absolute Gasteiger partial charge is 0.341 e. The van der Waals surface area contributed by atoms with E-state index >= 15 is 0 Å². The number of rotatable bonds is 5. The van der Waals surface area contributed by atoms with E-state index < -0.39 is 10.1 Å². The first-order chi connectivity index (χ1) is 14.3. The summed E-state index contributed by atoms with van der Waals surface area (Å²) in [5, 5.41) is 7.76. The molecule has 2 aliphatic rings. The SMILES string of the molecule is Cc1oc(N=Nc2cc3c(cc2S(=O)(=O)O)N(C2CCCC2)C(Cl)CC3)nc1C=O. The van der Waals surface area contributed by atoms with E-state index in [0.717, 1.165) is 31.2 Å². The van der Waals surface area contributed by atoms with Gasteiger partial charge in [0.25, 0.3) is 10.1 Å². The molecule has 0 radical (unpaired) electrons. The molecule has 0 amide bonds. The summed E-state index contributed by atoms with van der Waals surface area (Å²) in [6.45, 7) is 1.55. The van der Waals surface area contributed by atoms with Crippen molar-refractivity contribution in [1.29, 1.82) is 0 Å². The second-order valence-electron chi connectivity index (χ2n) is 7.50. The Hall–Kier alpha value is -2.30. The molecule has 11 heteroatoms. The first-order valence-corrected chi connectivity index (χ1v) is 11.6. The average Bonchev–Trinajstić information content (AvgIpc) is 3.34. The van der Waals surface area contributed by atoms with Crippen molar-refractivity contribution in [3.8, 4) is 0 Å². The van der Waals surface area contributed by atoms with Crippen molar-refractivity contribution in [3.63, 3.8) is 0 Å². The number of alkyl halides is 1. The summed E-state index contributed by atoms with van der Waals surface area (Å²) < 4.78 is 39.2. The Kier molecular flexibility index (Phi) is 5.65. The highest BCUT2D eigenvalue weighted by atomic mass is 35.5. The van der Waals surface area contributed by atoms with Gasteiger partial charge in [-0.05, 0) is 50.3 Å². The molecule has 0 spiro atoms. The predicted molar refractivity (Wildman–Crippen MR) is 110 cm³/mol. The fourth-order valence-corrected chi connectivity index (χ4v) is 5.14. The molecular weight excluding hydrogens is 432 g/mol. The monoisotopic (exact) mass is 452 g/mol. The van der Waals surface area contributed by atoms with E-state index in [1.54, 1.807) is 13.0 Å². The summed E-state index contributed by atoms with van der Waals surface area (Å²) in [4.78, 5) is 16.5. The van der Waals surface area contributed by atoms with Gasteiger partial charge in [0.2, 0.25) is 0 Å². The number of hydrogen-bond donors (Lipinski definition) is 1. The third kappa shape index (κ3) is 3.99. The number of aldehydes is 1. The maximum atomic E-state index is 12.1. The summed E-state index contributed by atoms with van der Waals surface area (Å²) in [6, 6.07) is 3.08. The molecular formula is C19H21ClN4O5S. The lowest BCUT2D eigenvalue weighted by Gasteiger charge is -2.40. The molecule has 1 saturated carbocycles. The van der Waals surface area contributed by atoms with Gasteiger partial charge in [0.1, 0.15) is 27.5 Å². The van der Waals surface area contributed by atoms with Gasteiger partial charge in [0, 0.05) is 11.7 Å². The van der Waals surface area contributed by atoms with Gasteiger partial charge in [-0.3, -0.25) is 9.35 Å². The molecule has 1 atom stereocenters. The minimum absolute atomic E-state index is 0.0286. The summed E-state index contributed by atoms with van der Waals surface area (Å²) in [7, 11) is -4.57. The summed E-state index contributed by atoms with van der Waals surface area (Å²) >= 11 is 6.59. The lowest BCUT2D eigenvalue weighted by Crippen LogP contribution is -2.42. The third-order valence-corrected chi connectivity index (χ3v) is 6.88. The van der Waals surface area contributed by atoms with E-state index in [4.69, 9.17) is 16.0 Å². The minimum atomic E-state index is -4.57. The van der Waals surface area contributed by atoms with Gasteiger partial charge in [0.15, 0.2) is 6.29 Å².